The Labute approximate surface area is 152 Å². The molecular weight excluding hydrogens is 415 g/mol. The first-order chi connectivity index (χ1) is 9.98. The standard InChI is InChI=1S/C13H14BrClN2O3S.ClH/c14-10(15)13(16-7-3-1-2-4-7)11(20)17-8(9(18)19)5-6-21-12(13)17;/h5,10,12H,1-4,6H2,(H,18,19);1H/t10-,12-,13+;/m0./s1. The van der Waals surface area contributed by atoms with Crippen molar-refractivity contribution in [3.8, 4) is 0 Å². The summed E-state index contributed by atoms with van der Waals surface area (Å²) in [6, 6.07) is 0. The summed E-state index contributed by atoms with van der Waals surface area (Å²) < 4.78 is -0.646. The highest BCUT2D eigenvalue weighted by molar-refractivity contribution is 9.10. The van der Waals surface area contributed by atoms with E-state index in [1.54, 1.807) is 6.08 Å². The molecule has 3 aliphatic rings. The third-order valence-electron chi connectivity index (χ3n) is 4.04. The molecule has 0 aromatic carbocycles. The molecular formula is C13H15BrCl2N2O3S. The van der Waals surface area contributed by atoms with E-state index in [4.69, 9.17) is 11.6 Å². The fourth-order valence-electron chi connectivity index (χ4n) is 2.99. The fourth-order valence-corrected chi connectivity index (χ4v) is 5.39. The number of nitrogens with zero attached hydrogens (tertiary/aromatic N) is 2. The first kappa shape index (κ1) is 18.1. The number of hydrogen-bond donors (Lipinski definition) is 1. The van der Waals surface area contributed by atoms with Crippen molar-refractivity contribution in [3.63, 3.8) is 0 Å². The van der Waals surface area contributed by atoms with E-state index in [2.05, 4.69) is 20.9 Å². The molecule has 1 saturated carbocycles. The number of carbonyl (C=O) groups excluding carboxylic acids is 1. The molecule has 0 aromatic heterocycles. The molecule has 0 aromatic rings. The lowest BCUT2D eigenvalue weighted by Gasteiger charge is -2.55. The van der Waals surface area contributed by atoms with Gasteiger partial charge in [-0.15, -0.1) is 35.8 Å². The summed E-state index contributed by atoms with van der Waals surface area (Å²) in [6.45, 7) is 0. The number of carbonyl (C=O) groups is 2. The van der Waals surface area contributed by atoms with Gasteiger partial charge in [-0.25, -0.2) is 4.79 Å². The van der Waals surface area contributed by atoms with Gasteiger partial charge in [-0.05, 0) is 31.8 Å². The number of alkyl halides is 2. The fraction of sp³-hybridized carbons (Fsp3) is 0.615. The molecule has 1 aliphatic carbocycles. The monoisotopic (exact) mass is 428 g/mol. The van der Waals surface area contributed by atoms with Crippen LogP contribution in [-0.4, -0.2) is 48.5 Å². The van der Waals surface area contributed by atoms with Gasteiger partial charge in [0.25, 0.3) is 5.91 Å². The Hall–Kier alpha value is -0.240. The minimum Gasteiger partial charge on any atom is -0.477 e. The maximum Gasteiger partial charge on any atom is 0.352 e. The molecule has 2 heterocycles. The van der Waals surface area contributed by atoms with Gasteiger partial charge < -0.3 is 5.11 Å². The number of thioether (sulfide) groups is 1. The average Bonchev–Trinajstić information content (AvgIpc) is 2.95. The van der Waals surface area contributed by atoms with Crippen molar-refractivity contribution in [2.45, 2.75) is 40.9 Å². The van der Waals surface area contributed by atoms with Crippen LogP contribution in [0.15, 0.2) is 16.8 Å². The zero-order valence-electron chi connectivity index (χ0n) is 11.5. The van der Waals surface area contributed by atoms with Crippen LogP contribution in [0.2, 0.25) is 0 Å². The van der Waals surface area contributed by atoms with E-state index in [0.717, 1.165) is 31.4 Å². The Kier molecular flexibility index (Phi) is 5.52. The van der Waals surface area contributed by atoms with Crippen molar-refractivity contribution >= 4 is 69.3 Å². The minimum absolute atomic E-state index is 0. The Morgan fingerprint density at radius 3 is 2.73 bits per heavy atom. The molecule has 22 heavy (non-hydrogen) atoms. The molecule has 9 heteroatoms. The molecule has 0 spiro atoms. The van der Waals surface area contributed by atoms with Crippen molar-refractivity contribution in [1.82, 2.24) is 4.90 Å². The molecule has 1 N–H and O–H groups in total. The molecule has 3 rings (SSSR count). The van der Waals surface area contributed by atoms with Gasteiger partial charge >= 0.3 is 5.97 Å². The second-order valence-electron chi connectivity index (χ2n) is 5.27. The molecule has 1 amide bonds. The highest BCUT2D eigenvalue weighted by Gasteiger charge is 2.67. The van der Waals surface area contributed by atoms with Gasteiger partial charge in [-0.2, -0.15) is 0 Å². The normalized spacial score (nSPS) is 31.6. The van der Waals surface area contributed by atoms with Crippen LogP contribution < -0.4 is 0 Å². The van der Waals surface area contributed by atoms with E-state index in [0.29, 0.717) is 5.75 Å². The van der Waals surface area contributed by atoms with E-state index in [-0.39, 0.29) is 29.4 Å². The molecule has 0 unspecified atom stereocenters. The number of carboxylic acid groups (broad SMARTS) is 1. The molecule has 2 fully saturated rings. The largest absolute Gasteiger partial charge is 0.477 e. The van der Waals surface area contributed by atoms with Crippen LogP contribution in [0.5, 0.6) is 0 Å². The van der Waals surface area contributed by atoms with Gasteiger partial charge in [-0.1, -0.05) is 15.9 Å². The van der Waals surface area contributed by atoms with Crippen molar-refractivity contribution in [2.24, 2.45) is 4.99 Å². The molecule has 1 saturated heterocycles. The van der Waals surface area contributed by atoms with Crippen LogP contribution in [0.25, 0.3) is 0 Å². The van der Waals surface area contributed by atoms with Crippen molar-refractivity contribution in [3.05, 3.63) is 11.8 Å². The number of halogens is 3. The van der Waals surface area contributed by atoms with E-state index in [1.165, 1.54) is 16.7 Å². The quantitative estimate of drug-likeness (QED) is 0.552. The number of aliphatic imine (C=N–C) groups is 1. The summed E-state index contributed by atoms with van der Waals surface area (Å²) in [5, 5.41) is 8.87. The number of β-lactam (4-membered cyclic amide) rings is 1. The predicted octanol–water partition coefficient (Wildman–Crippen LogP) is 3.01. The molecule has 122 valence electrons. The molecule has 3 atom stereocenters. The summed E-state index contributed by atoms with van der Waals surface area (Å²) in [5.74, 6) is -0.875. The van der Waals surface area contributed by atoms with Crippen LogP contribution in [0.1, 0.15) is 25.7 Å². The Balaban J connectivity index is 0.00000176. The molecule has 0 bridgehead atoms. The zero-order chi connectivity index (χ0) is 15.2. The summed E-state index contributed by atoms with van der Waals surface area (Å²) in [7, 11) is 0. The zero-order valence-corrected chi connectivity index (χ0v) is 15.5. The number of amides is 1. The molecule has 2 aliphatic heterocycles. The second kappa shape index (κ2) is 6.71. The third-order valence-corrected chi connectivity index (χ3v) is 6.31. The number of fused-ring (bicyclic) bond motifs is 1. The lowest BCUT2D eigenvalue weighted by molar-refractivity contribution is -0.153. The van der Waals surface area contributed by atoms with Gasteiger partial charge in [0.2, 0.25) is 0 Å². The van der Waals surface area contributed by atoms with E-state index in [1.807, 2.05) is 0 Å². The number of carboxylic acids is 1. The van der Waals surface area contributed by atoms with E-state index >= 15 is 0 Å². The number of hydrogen-bond acceptors (Lipinski definition) is 4. The van der Waals surface area contributed by atoms with Gasteiger partial charge in [0.15, 0.2) is 5.54 Å². The highest BCUT2D eigenvalue weighted by atomic mass is 79.9. The molecule has 5 nitrogen and oxygen atoms in total. The van der Waals surface area contributed by atoms with Gasteiger partial charge in [-0.3, -0.25) is 14.7 Å². The Morgan fingerprint density at radius 2 is 2.18 bits per heavy atom. The first-order valence-corrected chi connectivity index (χ1v) is 9.13. The van der Waals surface area contributed by atoms with Crippen LogP contribution >= 0.6 is 51.7 Å². The van der Waals surface area contributed by atoms with E-state index < -0.39 is 15.8 Å². The number of rotatable bonds is 3. The topological polar surface area (TPSA) is 70.0 Å². The highest BCUT2D eigenvalue weighted by Crippen LogP contribution is 2.51. The van der Waals surface area contributed by atoms with Crippen molar-refractivity contribution in [2.75, 3.05) is 5.75 Å². The van der Waals surface area contributed by atoms with Crippen LogP contribution in [0.3, 0.4) is 0 Å². The SMILES string of the molecule is Cl.O=C(O)C1=CCS[C@@H]2N1C(=O)[C@]2(N=C1CCCC1)[C@H](Cl)Br. The Bertz CT molecular complexity index is 561. The smallest absolute Gasteiger partial charge is 0.352 e. The number of aliphatic carboxylic acids is 1. The van der Waals surface area contributed by atoms with Gasteiger partial charge in [0, 0.05) is 11.5 Å². The lowest BCUT2D eigenvalue weighted by atomic mass is 9.89. The maximum absolute atomic E-state index is 12.6. The van der Waals surface area contributed by atoms with E-state index in [9.17, 15) is 14.7 Å². The van der Waals surface area contributed by atoms with Gasteiger partial charge in [0.1, 0.15) is 15.4 Å². The first-order valence-electron chi connectivity index (χ1n) is 6.73. The molecule has 0 radical (unpaired) electrons. The minimum atomic E-state index is -1.09. The van der Waals surface area contributed by atoms with Crippen molar-refractivity contribution in [1.29, 1.82) is 0 Å². The van der Waals surface area contributed by atoms with Gasteiger partial charge in [0.05, 0.1) is 0 Å². The summed E-state index contributed by atoms with van der Waals surface area (Å²) >= 11 is 11.0. The average molecular weight is 430 g/mol. The van der Waals surface area contributed by atoms with Crippen LogP contribution in [0, 0.1) is 0 Å². The Morgan fingerprint density at radius 1 is 1.55 bits per heavy atom. The lowest BCUT2D eigenvalue weighted by Crippen LogP contribution is -2.75. The summed E-state index contributed by atoms with van der Waals surface area (Å²) in [4.78, 5) is 29.9. The summed E-state index contributed by atoms with van der Waals surface area (Å²) in [6.07, 6.45) is 5.51. The maximum atomic E-state index is 12.6. The van der Waals surface area contributed by atoms with Crippen LogP contribution in [-0.2, 0) is 9.59 Å². The van der Waals surface area contributed by atoms with Crippen molar-refractivity contribution < 1.29 is 14.7 Å². The second-order valence-corrected chi connectivity index (χ2v) is 8.26. The predicted molar refractivity (Wildman–Crippen MR) is 93.3 cm³/mol. The van der Waals surface area contributed by atoms with Crippen LogP contribution in [0.4, 0.5) is 0 Å². The third kappa shape index (κ3) is 2.60. The summed E-state index contributed by atoms with van der Waals surface area (Å²) in [5.41, 5.74) is -0.0307.